The standard InChI is InChI=1S/C34H39B2NO4/c1-6-7-8-9-14-37-31-12-10-25(33-21(2)15-27(35(38)39)16-22(33)3)19-29(31)30-20-26(11-13-32(30)37)34-23(4)17-28(36(40)41)18-24(34)5/h10-13,15-20,38-41H,6-9,14H2,1-5H3. The summed E-state index contributed by atoms with van der Waals surface area (Å²) < 4.78 is 2.45. The average molecular weight is 547 g/mol. The van der Waals surface area contributed by atoms with Crippen molar-refractivity contribution >= 4 is 47.0 Å². The molecule has 0 aliphatic heterocycles. The van der Waals surface area contributed by atoms with Crippen LogP contribution in [0.4, 0.5) is 0 Å². The molecule has 0 saturated carbocycles. The Morgan fingerprint density at radius 3 is 1.34 bits per heavy atom. The minimum Gasteiger partial charge on any atom is -0.423 e. The highest BCUT2D eigenvalue weighted by Gasteiger charge is 2.19. The summed E-state index contributed by atoms with van der Waals surface area (Å²) in [5, 5.41) is 41.3. The minimum absolute atomic E-state index is 0.503. The lowest BCUT2D eigenvalue weighted by atomic mass is 9.77. The zero-order valence-electron chi connectivity index (χ0n) is 24.7. The van der Waals surface area contributed by atoms with Gasteiger partial charge in [-0.3, -0.25) is 0 Å². The summed E-state index contributed by atoms with van der Waals surface area (Å²) in [5.41, 5.74) is 11.9. The van der Waals surface area contributed by atoms with E-state index in [4.69, 9.17) is 0 Å². The van der Waals surface area contributed by atoms with Crippen LogP contribution in [0.5, 0.6) is 0 Å². The van der Waals surface area contributed by atoms with Crippen molar-refractivity contribution in [2.75, 3.05) is 0 Å². The van der Waals surface area contributed by atoms with Gasteiger partial charge in [-0.15, -0.1) is 0 Å². The lowest BCUT2D eigenvalue weighted by Gasteiger charge is -2.14. The Morgan fingerprint density at radius 2 is 0.976 bits per heavy atom. The first kappa shape index (κ1) is 29.2. The predicted molar refractivity (Wildman–Crippen MR) is 173 cm³/mol. The highest BCUT2D eigenvalue weighted by atomic mass is 16.4. The molecule has 0 atom stereocenters. The van der Waals surface area contributed by atoms with Crippen LogP contribution in [0.2, 0.25) is 0 Å². The molecule has 0 amide bonds. The highest BCUT2D eigenvalue weighted by molar-refractivity contribution is 6.59. The fourth-order valence-corrected chi connectivity index (χ4v) is 6.56. The number of benzene rings is 4. The molecule has 0 bridgehead atoms. The monoisotopic (exact) mass is 547 g/mol. The Bertz CT molecular complexity index is 1570. The van der Waals surface area contributed by atoms with Crippen LogP contribution in [-0.4, -0.2) is 38.9 Å². The predicted octanol–water partition coefficient (Wildman–Crippen LogP) is 5.30. The maximum atomic E-state index is 9.73. The van der Waals surface area contributed by atoms with E-state index in [1.54, 1.807) is 0 Å². The van der Waals surface area contributed by atoms with Gasteiger partial charge in [0.05, 0.1) is 0 Å². The Balaban J connectivity index is 1.71. The molecule has 1 aromatic heterocycles. The Kier molecular flexibility index (Phi) is 8.44. The van der Waals surface area contributed by atoms with E-state index in [2.05, 4.69) is 47.9 Å². The largest absolute Gasteiger partial charge is 0.488 e. The van der Waals surface area contributed by atoms with Crippen molar-refractivity contribution in [1.82, 2.24) is 4.57 Å². The van der Waals surface area contributed by atoms with Gasteiger partial charge in [0.25, 0.3) is 0 Å². The number of hydrogen-bond donors (Lipinski definition) is 4. The molecule has 41 heavy (non-hydrogen) atoms. The van der Waals surface area contributed by atoms with Gasteiger partial charge in [-0.2, -0.15) is 0 Å². The van der Waals surface area contributed by atoms with E-state index >= 15 is 0 Å². The smallest absolute Gasteiger partial charge is 0.423 e. The van der Waals surface area contributed by atoms with E-state index in [1.165, 1.54) is 41.1 Å². The second-order valence-electron chi connectivity index (χ2n) is 11.5. The maximum Gasteiger partial charge on any atom is 0.488 e. The van der Waals surface area contributed by atoms with E-state index in [-0.39, 0.29) is 0 Å². The van der Waals surface area contributed by atoms with Crippen molar-refractivity contribution in [3.8, 4) is 22.3 Å². The number of rotatable bonds is 9. The molecule has 0 aliphatic carbocycles. The quantitative estimate of drug-likeness (QED) is 0.149. The molecule has 0 radical (unpaired) electrons. The van der Waals surface area contributed by atoms with Crippen LogP contribution in [0.25, 0.3) is 44.1 Å². The lowest BCUT2D eigenvalue weighted by molar-refractivity contribution is 0.424. The zero-order chi connectivity index (χ0) is 29.4. The van der Waals surface area contributed by atoms with Crippen LogP contribution in [0.15, 0.2) is 60.7 Å². The van der Waals surface area contributed by atoms with E-state index < -0.39 is 14.2 Å². The highest BCUT2D eigenvalue weighted by Crippen LogP contribution is 2.38. The Labute approximate surface area is 243 Å². The van der Waals surface area contributed by atoms with Gasteiger partial charge in [-0.05, 0) is 114 Å². The van der Waals surface area contributed by atoms with E-state index in [1.807, 2.05) is 52.0 Å². The topological polar surface area (TPSA) is 85.9 Å². The van der Waals surface area contributed by atoms with Crippen molar-refractivity contribution < 1.29 is 20.1 Å². The summed E-state index contributed by atoms with van der Waals surface area (Å²) in [4.78, 5) is 0. The second kappa shape index (κ2) is 11.9. The molecular weight excluding hydrogens is 508 g/mol. The molecule has 1 heterocycles. The fraction of sp³-hybridized carbons (Fsp3) is 0.294. The number of fused-ring (bicyclic) bond motifs is 3. The Morgan fingerprint density at radius 1 is 0.561 bits per heavy atom. The molecule has 5 aromatic rings. The molecule has 210 valence electrons. The van der Waals surface area contributed by atoms with Crippen LogP contribution in [0, 0.1) is 27.7 Å². The molecule has 5 rings (SSSR count). The van der Waals surface area contributed by atoms with Gasteiger partial charge >= 0.3 is 14.2 Å². The molecule has 4 aromatic carbocycles. The van der Waals surface area contributed by atoms with Gasteiger partial charge < -0.3 is 24.7 Å². The Hall–Kier alpha value is -3.35. The fourth-order valence-electron chi connectivity index (χ4n) is 6.56. The number of nitrogens with zero attached hydrogens (tertiary/aromatic N) is 1. The van der Waals surface area contributed by atoms with Gasteiger partial charge in [0.1, 0.15) is 0 Å². The number of aromatic nitrogens is 1. The van der Waals surface area contributed by atoms with Gasteiger partial charge in [-0.1, -0.05) is 62.6 Å². The molecule has 7 heteroatoms. The molecule has 0 unspecified atom stereocenters. The third kappa shape index (κ3) is 5.60. The first-order chi connectivity index (χ1) is 19.6. The van der Waals surface area contributed by atoms with E-state index in [9.17, 15) is 20.1 Å². The number of hydrogen-bond acceptors (Lipinski definition) is 4. The van der Waals surface area contributed by atoms with Crippen molar-refractivity contribution in [3.63, 3.8) is 0 Å². The van der Waals surface area contributed by atoms with Crippen LogP contribution in [-0.2, 0) is 6.54 Å². The molecule has 5 nitrogen and oxygen atoms in total. The summed E-state index contributed by atoms with van der Waals surface area (Å²) in [6.07, 6.45) is 4.77. The van der Waals surface area contributed by atoms with Gasteiger partial charge in [0, 0.05) is 28.4 Å². The second-order valence-corrected chi connectivity index (χ2v) is 11.5. The van der Waals surface area contributed by atoms with E-state index in [0.29, 0.717) is 10.9 Å². The van der Waals surface area contributed by atoms with Crippen LogP contribution < -0.4 is 10.9 Å². The van der Waals surface area contributed by atoms with Gasteiger partial charge in [0.2, 0.25) is 0 Å². The lowest BCUT2D eigenvalue weighted by Crippen LogP contribution is -2.30. The molecule has 0 spiro atoms. The third-order valence-corrected chi connectivity index (χ3v) is 8.38. The van der Waals surface area contributed by atoms with Crippen LogP contribution in [0.1, 0.15) is 54.9 Å². The molecule has 0 saturated heterocycles. The van der Waals surface area contributed by atoms with Gasteiger partial charge in [-0.25, -0.2) is 0 Å². The first-order valence-corrected chi connectivity index (χ1v) is 14.6. The minimum atomic E-state index is -1.49. The van der Waals surface area contributed by atoms with Crippen LogP contribution in [0.3, 0.4) is 0 Å². The maximum absolute atomic E-state index is 9.73. The first-order valence-electron chi connectivity index (χ1n) is 14.6. The van der Waals surface area contributed by atoms with Crippen molar-refractivity contribution in [3.05, 3.63) is 82.9 Å². The molecule has 4 N–H and O–H groups in total. The summed E-state index contributed by atoms with van der Waals surface area (Å²) >= 11 is 0. The summed E-state index contributed by atoms with van der Waals surface area (Å²) in [6.45, 7) is 11.3. The van der Waals surface area contributed by atoms with Gasteiger partial charge in [0.15, 0.2) is 0 Å². The van der Waals surface area contributed by atoms with Crippen molar-refractivity contribution in [2.24, 2.45) is 0 Å². The van der Waals surface area contributed by atoms with Crippen molar-refractivity contribution in [1.29, 1.82) is 0 Å². The number of aryl methyl sites for hydroxylation is 5. The zero-order valence-corrected chi connectivity index (χ0v) is 24.7. The number of unbranched alkanes of at least 4 members (excludes halogenated alkanes) is 3. The van der Waals surface area contributed by atoms with E-state index in [0.717, 1.165) is 57.5 Å². The summed E-state index contributed by atoms with van der Waals surface area (Å²) in [6, 6.07) is 20.8. The summed E-state index contributed by atoms with van der Waals surface area (Å²) in [5.74, 6) is 0. The van der Waals surface area contributed by atoms with Crippen LogP contribution >= 0.6 is 0 Å². The normalized spacial score (nSPS) is 11.5. The third-order valence-electron chi connectivity index (χ3n) is 8.38. The molecule has 0 aliphatic rings. The molecular formula is C34H39B2NO4. The van der Waals surface area contributed by atoms with Crippen molar-refractivity contribution in [2.45, 2.75) is 66.8 Å². The summed E-state index contributed by atoms with van der Waals surface area (Å²) in [7, 11) is -2.98. The average Bonchev–Trinajstić information content (AvgIpc) is 3.22. The molecule has 0 fully saturated rings. The SMILES string of the molecule is CCCCCCn1c2ccc(-c3c(C)cc(B(O)O)cc3C)cc2c2cc(-c3c(C)cc(B(O)O)cc3C)ccc21.